The predicted molar refractivity (Wildman–Crippen MR) is 76.7 cm³/mol. The van der Waals surface area contributed by atoms with Gasteiger partial charge in [0.25, 0.3) is 11.6 Å². The minimum Gasteiger partial charge on any atom is -0.508 e. The van der Waals surface area contributed by atoms with Gasteiger partial charge in [-0.15, -0.1) is 0 Å². The van der Waals surface area contributed by atoms with E-state index >= 15 is 0 Å². The van der Waals surface area contributed by atoms with Crippen LogP contribution in [-0.2, 0) is 0 Å². The van der Waals surface area contributed by atoms with E-state index < -0.39 is 16.5 Å². The fourth-order valence-corrected chi connectivity index (χ4v) is 1.90. The monoisotopic (exact) mass is 307 g/mol. The predicted octanol–water partition coefficient (Wildman–Crippen LogP) is 2.63. The molecule has 7 nitrogen and oxygen atoms in total. The van der Waals surface area contributed by atoms with Crippen LogP contribution in [0.15, 0.2) is 36.5 Å². The molecule has 0 spiro atoms. The normalized spacial score (nSPS) is 10.2. The van der Waals surface area contributed by atoms with Gasteiger partial charge in [0.2, 0.25) is 0 Å². The number of benzene rings is 1. The summed E-state index contributed by atoms with van der Waals surface area (Å²) >= 11 is 5.70. The first kappa shape index (κ1) is 14.7. The Labute approximate surface area is 124 Å². The van der Waals surface area contributed by atoms with Gasteiger partial charge >= 0.3 is 0 Å². The number of nitro groups is 1. The van der Waals surface area contributed by atoms with Gasteiger partial charge < -0.3 is 10.0 Å². The Morgan fingerprint density at radius 3 is 2.76 bits per heavy atom. The minimum atomic E-state index is -0.702. The summed E-state index contributed by atoms with van der Waals surface area (Å²) in [6, 6.07) is 7.11. The number of amides is 1. The van der Waals surface area contributed by atoms with E-state index in [1.54, 1.807) is 12.1 Å². The lowest BCUT2D eigenvalue weighted by atomic mass is 10.2. The first-order chi connectivity index (χ1) is 9.90. The third-order valence-corrected chi connectivity index (χ3v) is 3.01. The number of halogens is 1. The molecule has 0 atom stereocenters. The Balaban J connectivity index is 2.44. The second-order valence-corrected chi connectivity index (χ2v) is 4.55. The molecule has 1 aromatic carbocycles. The molecule has 21 heavy (non-hydrogen) atoms. The first-order valence-electron chi connectivity index (χ1n) is 5.77. The highest BCUT2D eigenvalue weighted by Gasteiger charge is 2.24. The van der Waals surface area contributed by atoms with Crippen LogP contribution in [-0.4, -0.2) is 28.0 Å². The van der Waals surface area contributed by atoms with Crippen LogP contribution >= 0.6 is 11.6 Å². The summed E-state index contributed by atoms with van der Waals surface area (Å²) < 4.78 is 0. The molecular formula is C13H10ClN3O4. The average Bonchev–Trinajstić information content (AvgIpc) is 2.45. The zero-order chi connectivity index (χ0) is 15.6. The lowest BCUT2D eigenvalue weighted by molar-refractivity contribution is -0.385. The summed E-state index contributed by atoms with van der Waals surface area (Å²) in [5, 5.41) is 20.4. The van der Waals surface area contributed by atoms with Gasteiger partial charge in [-0.2, -0.15) is 0 Å². The van der Waals surface area contributed by atoms with E-state index in [9.17, 15) is 20.0 Å². The number of phenols is 1. The van der Waals surface area contributed by atoms with Crippen molar-refractivity contribution in [1.29, 1.82) is 0 Å². The van der Waals surface area contributed by atoms with Crippen LogP contribution in [0, 0.1) is 10.1 Å². The van der Waals surface area contributed by atoms with Crippen molar-refractivity contribution < 1.29 is 14.8 Å². The molecule has 0 unspecified atom stereocenters. The molecule has 0 aliphatic carbocycles. The van der Waals surface area contributed by atoms with Crippen molar-refractivity contribution in [3.8, 4) is 5.75 Å². The topological polar surface area (TPSA) is 96.6 Å². The summed E-state index contributed by atoms with van der Waals surface area (Å²) in [7, 11) is 1.44. The van der Waals surface area contributed by atoms with Crippen LogP contribution in [0.4, 0.5) is 11.4 Å². The molecule has 1 heterocycles. The van der Waals surface area contributed by atoms with Gasteiger partial charge in [-0.25, -0.2) is 4.98 Å². The number of anilines is 1. The number of hydrogen-bond acceptors (Lipinski definition) is 5. The van der Waals surface area contributed by atoms with Crippen molar-refractivity contribution in [2.45, 2.75) is 0 Å². The highest BCUT2D eigenvalue weighted by atomic mass is 35.5. The molecule has 0 aliphatic heterocycles. The van der Waals surface area contributed by atoms with E-state index in [0.717, 1.165) is 12.3 Å². The van der Waals surface area contributed by atoms with E-state index in [0.29, 0.717) is 5.69 Å². The van der Waals surface area contributed by atoms with Gasteiger partial charge in [0.1, 0.15) is 22.7 Å². The largest absolute Gasteiger partial charge is 0.508 e. The van der Waals surface area contributed by atoms with Crippen molar-refractivity contribution >= 4 is 28.9 Å². The summed E-state index contributed by atoms with van der Waals surface area (Å²) in [5.41, 5.74) is -0.218. The number of carbonyl (C=O) groups excluding carboxylic acids is 1. The fourth-order valence-electron chi connectivity index (χ4n) is 1.74. The molecule has 0 saturated heterocycles. The van der Waals surface area contributed by atoms with Gasteiger partial charge in [0.05, 0.1) is 4.92 Å². The number of aromatic hydroxyl groups is 1. The molecule has 0 fully saturated rings. The molecule has 1 amide bonds. The van der Waals surface area contributed by atoms with Crippen LogP contribution in [0.25, 0.3) is 0 Å². The van der Waals surface area contributed by atoms with Gasteiger partial charge in [-0.05, 0) is 18.2 Å². The van der Waals surface area contributed by atoms with Gasteiger partial charge in [0, 0.05) is 18.8 Å². The molecular weight excluding hydrogens is 298 g/mol. The number of pyridine rings is 1. The Hall–Kier alpha value is -2.67. The second-order valence-electron chi connectivity index (χ2n) is 4.17. The average molecular weight is 308 g/mol. The van der Waals surface area contributed by atoms with Gasteiger partial charge in [-0.1, -0.05) is 17.7 Å². The first-order valence-corrected chi connectivity index (χ1v) is 6.15. The van der Waals surface area contributed by atoms with Crippen LogP contribution in [0.5, 0.6) is 5.75 Å². The minimum absolute atomic E-state index is 0.0191. The van der Waals surface area contributed by atoms with E-state index in [1.165, 1.54) is 24.1 Å². The van der Waals surface area contributed by atoms with E-state index in [1.807, 2.05) is 0 Å². The summed E-state index contributed by atoms with van der Waals surface area (Å²) in [5.74, 6) is -0.647. The van der Waals surface area contributed by atoms with E-state index in [-0.39, 0.29) is 16.5 Å². The zero-order valence-corrected chi connectivity index (χ0v) is 11.6. The Morgan fingerprint density at radius 2 is 2.14 bits per heavy atom. The molecule has 0 saturated carbocycles. The number of hydrogen-bond donors (Lipinski definition) is 1. The molecule has 0 aliphatic rings. The lowest BCUT2D eigenvalue weighted by Gasteiger charge is -2.17. The van der Waals surface area contributed by atoms with Crippen LogP contribution in [0.3, 0.4) is 0 Å². The van der Waals surface area contributed by atoms with Crippen LogP contribution in [0.2, 0.25) is 5.15 Å². The van der Waals surface area contributed by atoms with Gasteiger partial charge in [0.15, 0.2) is 0 Å². The maximum absolute atomic E-state index is 12.4. The summed E-state index contributed by atoms with van der Waals surface area (Å²) in [6.07, 6.45) is 0.936. The second kappa shape index (κ2) is 5.76. The van der Waals surface area contributed by atoms with Crippen molar-refractivity contribution in [3.63, 3.8) is 0 Å². The standard InChI is InChI=1S/C13H10ClN3O4/c1-16(8-3-2-4-9(18)5-8)13(19)10-6-12(14)15-7-11(10)17(20)21/h2-7,18H,1H3. The number of rotatable bonds is 3. The third kappa shape index (κ3) is 3.09. The number of phenolic OH excluding ortho intramolecular Hbond substituents is 1. The molecule has 0 radical (unpaired) electrons. The molecule has 0 bridgehead atoms. The molecule has 2 rings (SSSR count). The van der Waals surface area contributed by atoms with Crippen LogP contribution < -0.4 is 4.90 Å². The van der Waals surface area contributed by atoms with Crippen molar-refractivity contribution in [2.24, 2.45) is 0 Å². The smallest absolute Gasteiger partial charge is 0.300 e. The Morgan fingerprint density at radius 1 is 1.43 bits per heavy atom. The van der Waals surface area contributed by atoms with Crippen molar-refractivity contribution in [2.75, 3.05) is 11.9 Å². The summed E-state index contributed by atoms with van der Waals surface area (Å²) in [6.45, 7) is 0. The number of carbonyl (C=O) groups is 1. The highest BCUT2D eigenvalue weighted by Crippen LogP contribution is 2.25. The zero-order valence-electron chi connectivity index (χ0n) is 10.9. The quantitative estimate of drug-likeness (QED) is 0.534. The van der Waals surface area contributed by atoms with Crippen molar-refractivity contribution in [3.05, 3.63) is 57.4 Å². The molecule has 1 N–H and O–H groups in total. The van der Waals surface area contributed by atoms with E-state index in [2.05, 4.69) is 4.98 Å². The Kier molecular flexibility index (Phi) is 4.04. The van der Waals surface area contributed by atoms with Crippen LogP contribution in [0.1, 0.15) is 10.4 Å². The number of aromatic nitrogens is 1. The lowest BCUT2D eigenvalue weighted by Crippen LogP contribution is -2.27. The van der Waals surface area contributed by atoms with Gasteiger partial charge in [-0.3, -0.25) is 14.9 Å². The maximum Gasteiger partial charge on any atom is 0.300 e. The highest BCUT2D eigenvalue weighted by molar-refractivity contribution is 6.30. The number of nitrogens with zero attached hydrogens (tertiary/aromatic N) is 3. The SMILES string of the molecule is CN(C(=O)c1cc(Cl)ncc1[N+](=O)[O-])c1cccc(O)c1. The van der Waals surface area contributed by atoms with Crippen molar-refractivity contribution in [1.82, 2.24) is 4.98 Å². The Bertz CT molecular complexity index is 720. The third-order valence-electron chi connectivity index (χ3n) is 2.80. The molecule has 2 aromatic rings. The molecule has 108 valence electrons. The molecule has 8 heteroatoms. The maximum atomic E-state index is 12.4. The summed E-state index contributed by atoms with van der Waals surface area (Å²) in [4.78, 5) is 27.4. The molecule has 1 aromatic heterocycles. The fraction of sp³-hybridized carbons (Fsp3) is 0.0769. The van der Waals surface area contributed by atoms with E-state index in [4.69, 9.17) is 11.6 Å².